The first-order valence-corrected chi connectivity index (χ1v) is 9.20. The maximum atomic E-state index is 12.4. The van der Waals surface area contributed by atoms with Crippen LogP contribution in [0.25, 0.3) is 0 Å². The average Bonchev–Trinajstić information content (AvgIpc) is 2.96. The van der Waals surface area contributed by atoms with E-state index < -0.39 is 17.9 Å². The number of hydrogen-bond donors (Lipinski definition) is 1. The maximum absolute atomic E-state index is 12.4. The number of likely N-dealkylation sites (N-methyl/N-ethyl adjacent to an activating group) is 1. The van der Waals surface area contributed by atoms with Gasteiger partial charge >= 0.3 is 0 Å². The van der Waals surface area contributed by atoms with Gasteiger partial charge in [0.1, 0.15) is 5.75 Å². The van der Waals surface area contributed by atoms with E-state index in [4.69, 9.17) is 4.74 Å². The highest BCUT2D eigenvalue weighted by Crippen LogP contribution is 2.35. The van der Waals surface area contributed by atoms with E-state index in [0.29, 0.717) is 28.3 Å². The quantitative estimate of drug-likeness (QED) is 0.802. The number of amides is 4. The number of anilines is 2. The van der Waals surface area contributed by atoms with Gasteiger partial charge in [-0.05, 0) is 37.3 Å². The largest absolute Gasteiger partial charge is 0.479 e. The number of ether oxygens (including phenoxy) is 1. The van der Waals surface area contributed by atoms with Crippen molar-refractivity contribution in [3.05, 3.63) is 53.6 Å². The van der Waals surface area contributed by atoms with Crippen LogP contribution < -0.4 is 15.0 Å². The number of fused-ring (bicyclic) bond motifs is 2. The normalized spacial score (nSPS) is 17.7. The zero-order valence-corrected chi connectivity index (χ0v) is 16.0. The molecule has 0 saturated carbocycles. The molecule has 0 aliphatic carbocycles. The minimum absolute atomic E-state index is 0.0118. The average molecular weight is 393 g/mol. The van der Waals surface area contributed by atoms with Crippen LogP contribution in [-0.4, -0.2) is 48.2 Å². The molecule has 0 fully saturated rings. The molecule has 1 unspecified atom stereocenters. The Balaban J connectivity index is 1.41. The number of nitrogens with zero attached hydrogens (tertiary/aromatic N) is 2. The van der Waals surface area contributed by atoms with E-state index in [1.807, 2.05) is 0 Å². The van der Waals surface area contributed by atoms with Gasteiger partial charge < -0.3 is 15.0 Å². The van der Waals surface area contributed by atoms with Gasteiger partial charge in [-0.3, -0.25) is 24.1 Å². The first kappa shape index (κ1) is 18.7. The summed E-state index contributed by atoms with van der Waals surface area (Å²) >= 11 is 0. The monoisotopic (exact) mass is 393 g/mol. The zero-order chi connectivity index (χ0) is 20.7. The standard InChI is InChI=1S/C21H19N3O5/c1-12-19(26)23(2)16-11-13(7-8-17(16)29-12)22-18(25)9-10-24-20(27)14-5-3-4-6-15(14)21(24)28/h3-8,11-12H,9-10H2,1-2H3,(H,22,25). The van der Waals surface area contributed by atoms with Gasteiger partial charge in [-0.2, -0.15) is 0 Å². The first-order valence-electron chi connectivity index (χ1n) is 9.20. The molecule has 0 saturated heterocycles. The fourth-order valence-electron chi connectivity index (χ4n) is 3.47. The van der Waals surface area contributed by atoms with Crippen LogP contribution >= 0.6 is 0 Å². The van der Waals surface area contributed by atoms with Gasteiger partial charge in [0.25, 0.3) is 17.7 Å². The van der Waals surface area contributed by atoms with Crippen LogP contribution in [0.3, 0.4) is 0 Å². The molecule has 4 rings (SSSR count). The van der Waals surface area contributed by atoms with E-state index in [1.54, 1.807) is 56.4 Å². The molecule has 2 aromatic rings. The number of carbonyl (C=O) groups is 4. The molecule has 4 amide bonds. The lowest BCUT2D eigenvalue weighted by Gasteiger charge is -2.30. The smallest absolute Gasteiger partial charge is 0.267 e. The van der Waals surface area contributed by atoms with Gasteiger partial charge in [0.15, 0.2) is 6.10 Å². The van der Waals surface area contributed by atoms with Gasteiger partial charge in [0.05, 0.1) is 16.8 Å². The fourth-order valence-corrected chi connectivity index (χ4v) is 3.47. The number of nitrogens with one attached hydrogen (secondary N) is 1. The summed E-state index contributed by atoms with van der Waals surface area (Å²) in [6.45, 7) is 1.67. The molecule has 2 heterocycles. The topological polar surface area (TPSA) is 96.0 Å². The van der Waals surface area contributed by atoms with Crippen molar-refractivity contribution in [3.63, 3.8) is 0 Å². The molecule has 2 aliphatic heterocycles. The van der Waals surface area contributed by atoms with Gasteiger partial charge in [-0.25, -0.2) is 0 Å². The number of imide groups is 1. The molecule has 0 spiro atoms. The van der Waals surface area contributed by atoms with E-state index in [2.05, 4.69) is 5.32 Å². The van der Waals surface area contributed by atoms with Gasteiger partial charge in [0.2, 0.25) is 5.91 Å². The molecular weight excluding hydrogens is 374 g/mol. The van der Waals surface area contributed by atoms with Gasteiger partial charge in [-0.15, -0.1) is 0 Å². The highest BCUT2D eigenvalue weighted by atomic mass is 16.5. The minimum Gasteiger partial charge on any atom is -0.479 e. The van der Waals surface area contributed by atoms with Crippen LogP contribution in [-0.2, 0) is 9.59 Å². The van der Waals surface area contributed by atoms with E-state index >= 15 is 0 Å². The predicted octanol–water partition coefficient (Wildman–Crippen LogP) is 2.06. The lowest BCUT2D eigenvalue weighted by Crippen LogP contribution is -2.42. The third kappa shape index (κ3) is 3.22. The fraction of sp³-hybridized carbons (Fsp3) is 0.238. The van der Waals surface area contributed by atoms with Crippen molar-refractivity contribution in [2.24, 2.45) is 0 Å². The van der Waals surface area contributed by atoms with Crippen molar-refractivity contribution < 1.29 is 23.9 Å². The SMILES string of the molecule is CC1Oc2ccc(NC(=O)CCN3C(=O)c4ccccc4C3=O)cc2N(C)C1=O. The van der Waals surface area contributed by atoms with Crippen molar-refractivity contribution in [2.45, 2.75) is 19.4 Å². The lowest BCUT2D eigenvalue weighted by molar-refractivity contribution is -0.125. The molecule has 0 radical (unpaired) electrons. The summed E-state index contributed by atoms with van der Waals surface area (Å²) in [5.41, 5.74) is 1.77. The van der Waals surface area contributed by atoms with E-state index in [0.717, 1.165) is 4.90 Å². The first-order chi connectivity index (χ1) is 13.9. The maximum Gasteiger partial charge on any atom is 0.267 e. The second-order valence-corrected chi connectivity index (χ2v) is 6.95. The molecule has 148 valence electrons. The Labute approximate surface area is 167 Å². The third-order valence-electron chi connectivity index (χ3n) is 5.03. The number of benzene rings is 2. The predicted molar refractivity (Wildman–Crippen MR) is 105 cm³/mol. The summed E-state index contributed by atoms with van der Waals surface area (Å²) in [4.78, 5) is 51.7. The summed E-state index contributed by atoms with van der Waals surface area (Å²) in [5.74, 6) is -0.743. The summed E-state index contributed by atoms with van der Waals surface area (Å²) in [6.07, 6.45) is -0.599. The van der Waals surface area contributed by atoms with E-state index in [9.17, 15) is 19.2 Å². The van der Waals surface area contributed by atoms with Crippen molar-refractivity contribution in [3.8, 4) is 5.75 Å². The van der Waals surface area contributed by atoms with Crippen LogP contribution in [0.4, 0.5) is 11.4 Å². The molecule has 8 nitrogen and oxygen atoms in total. The van der Waals surface area contributed by atoms with Crippen LogP contribution in [0.5, 0.6) is 5.75 Å². The van der Waals surface area contributed by atoms with Crippen LogP contribution in [0.1, 0.15) is 34.1 Å². The Morgan fingerprint density at radius 3 is 2.38 bits per heavy atom. The van der Waals surface area contributed by atoms with Crippen LogP contribution in [0.2, 0.25) is 0 Å². The van der Waals surface area contributed by atoms with Crippen LogP contribution in [0.15, 0.2) is 42.5 Å². The van der Waals surface area contributed by atoms with Crippen molar-refractivity contribution in [1.82, 2.24) is 4.90 Å². The Hall–Kier alpha value is -3.68. The Morgan fingerprint density at radius 1 is 1.07 bits per heavy atom. The molecule has 1 atom stereocenters. The Bertz CT molecular complexity index is 1010. The Kier molecular flexibility index (Phi) is 4.54. The number of carbonyl (C=O) groups excluding carboxylic acids is 4. The second kappa shape index (κ2) is 7.05. The summed E-state index contributed by atoms with van der Waals surface area (Å²) in [5, 5.41) is 2.73. The molecule has 2 aliphatic rings. The van der Waals surface area contributed by atoms with Crippen molar-refractivity contribution in [1.29, 1.82) is 0 Å². The highest BCUT2D eigenvalue weighted by Gasteiger charge is 2.35. The summed E-state index contributed by atoms with van der Waals surface area (Å²) < 4.78 is 5.56. The van der Waals surface area contributed by atoms with Gasteiger partial charge in [0, 0.05) is 25.7 Å². The van der Waals surface area contributed by atoms with E-state index in [1.165, 1.54) is 4.90 Å². The molecular formula is C21H19N3O5. The molecule has 0 bridgehead atoms. The lowest BCUT2D eigenvalue weighted by atomic mass is 10.1. The Morgan fingerprint density at radius 2 is 1.72 bits per heavy atom. The van der Waals surface area contributed by atoms with Crippen molar-refractivity contribution in [2.75, 3.05) is 23.8 Å². The molecule has 1 N–H and O–H groups in total. The van der Waals surface area contributed by atoms with Crippen molar-refractivity contribution >= 4 is 35.0 Å². The van der Waals surface area contributed by atoms with Gasteiger partial charge in [-0.1, -0.05) is 12.1 Å². The zero-order valence-electron chi connectivity index (χ0n) is 16.0. The summed E-state index contributed by atoms with van der Waals surface area (Å²) in [6, 6.07) is 11.6. The molecule has 8 heteroatoms. The molecule has 0 aromatic heterocycles. The van der Waals surface area contributed by atoms with E-state index in [-0.39, 0.29) is 24.8 Å². The number of hydrogen-bond acceptors (Lipinski definition) is 5. The third-order valence-corrected chi connectivity index (χ3v) is 5.03. The number of rotatable bonds is 4. The highest BCUT2D eigenvalue weighted by molar-refractivity contribution is 6.21. The van der Waals surface area contributed by atoms with Crippen LogP contribution in [0, 0.1) is 0 Å². The minimum atomic E-state index is -0.562. The molecule has 29 heavy (non-hydrogen) atoms. The second-order valence-electron chi connectivity index (χ2n) is 6.95. The molecule has 2 aromatic carbocycles. The summed E-state index contributed by atoms with van der Waals surface area (Å²) in [7, 11) is 1.65.